The van der Waals surface area contributed by atoms with Gasteiger partial charge in [-0.25, -0.2) is 4.79 Å². The number of pyridine rings is 1. The summed E-state index contributed by atoms with van der Waals surface area (Å²) in [6, 6.07) is 9.08. The molecule has 0 atom stereocenters. The normalized spacial score (nSPS) is 11.2. The first kappa shape index (κ1) is 16.1. The van der Waals surface area contributed by atoms with E-state index >= 15 is 0 Å². The lowest BCUT2D eigenvalue weighted by molar-refractivity contribution is 0.256. The third-order valence-corrected chi connectivity index (χ3v) is 4.48. The van der Waals surface area contributed by atoms with Crippen LogP contribution in [0.15, 0.2) is 42.7 Å². The first-order valence-electron chi connectivity index (χ1n) is 8.00. The summed E-state index contributed by atoms with van der Waals surface area (Å²) in [6.07, 6.45) is 3.30. The number of anilines is 2. The SMILES string of the molecule is Cc1c(C(C)C)c2cc(N(C(N)=O)c3cccnc3)ccc2n1C. The summed E-state index contributed by atoms with van der Waals surface area (Å²) in [7, 11) is 2.07. The maximum absolute atomic E-state index is 12.0. The molecule has 2 aromatic heterocycles. The van der Waals surface area contributed by atoms with Crippen molar-refractivity contribution in [1.82, 2.24) is 9.55 Å². The zero-order chi connectivity index (χ0) is 17.4. The number of nitrogens with zero attached hydrogens (tertiary/aromatic N) is 3. The van der Waals surface area contributed by atoms with E-state index in [1.807, 2.05) is 24.3 Å². The minimum absolute atomic E-state index is 0.393. The largest absolute Gasteiger partial charge is 0.351 e. The standard InChI is InChI=1S/C19H22N4O/c1-12(2)18-13(3)22(4)17-8-7-14(10-16(17)18)23(19(20)24)15-6-5-9-21-11-15/h5-12H,1-4H3,(H2,20,24). The molecule has 0 radical (unpaired) electrons. The van der Waals surface area contributed by atoms with Crippen LogP contribution in [-0.4, -0.2) is 15.6 Å². The predicted molar refractivity (Wildman–Crippen MR) is 97.7 cm³/mol. The minimum atomic E-state index is -0.527. The molecule has 5 heteroatoms. The number of benzene rings is 1. The van der Waals surface area contributed by atoms with Gasteiger partial charge in [-0.2, -0.15) is 0 Å². The molecule has 0 bridgehead atoms. The first-order valence-corrected chi connectivity index (χ1v) is 8.00. The van der Waals surface area contributed by atoms with Gasteiger partial charge in [-0.3, -0.25) is 9.88 Å². The molecular weight excluding hydrogens is 300 g/mol. The molecule has 3 rings (SSSR count). The molecule has 0 aliphatic rings. The Morgan fingerprint density at radius 3 is 2.58 bits per heavy atom. The highest BCUT2D eigenvalue weighted by atomic mass is 16.2. The van der Waals surface area contributed by atoms with Crippen LogP contribution in [-0.2, 0) is 7.05 Å². The summed E-state index contributed by atoms with van der Waals surface area (Å²) >= 11 is 0. The Balaban J connectivity index is 2.23. The second-order valence-electron chi connectivity index (χ2n) is 6.30. The Hall–Kier alpha value is -2.82. The highest BCUT2D eigenvalue weighted by molar-refractivity contribution is 6.01. The molecule has 2 N–H and O–H groups in total. The number of nitrogens with two attached hydrogens (primary N) is 1. The van der Waals surface area contributed by atoms with Gasteiger partial charge in [0.15, 0.2) is 0 Å². The lowest BCUT2D eigenvalue weighted by Crippen LogP contribution is -2.31. The number of aryl methyl sites for hydroxylation is 1. The lowest BCUT2D eigenvalue weighted by atomic mass is 9.99. The van der Waals surface area contributed by atoms with E-state index in [-0.39, 0.29) is 0 Å². The van der Waals surface area contributed by atoms with E-state index in [2.05, 4.69) is 37.4 Å². The quantitative estimate of drug-likeness (QED) is 0.784. The van der Waals surface area contributed by atoms with Crippen molar-refractivity contribution in [3.05, 3.63) is 54.0 Å². The van der Waals surface area contributed by atoms with Crippen LogP contribution in [0.25, 0.3) is 10.9 Å². The number of carbonyl (C=O) groups excluding carboxylic acids is 1. The Bertz CT molecular complexity index is 897. The molecule has 2 amide bonds. The van der Waals surface area contributed by atoms with Crippen molar-refractivity contribution < 1.29 is 4.79 Å². The highest BCUT2D eigenvalue weighted by Gasteiger charge is 2.19. The van der Waals surface area contributed by atoms with Crippen molar-refractivity contribution in [3.8, 4) is 0 Å². The van der Waals surface area contributed by atoms with E-state index in [0.29, 0.717) is 11.6 Å². The fourth-order valence-corrected chi connectivity index (χ4v) is 3.35. The van der Waals surface area contributed by atoms with Crippen LogP contribution in [0.4, 0.5) is 16.2 Å². The third kappa shape index (κ3) is 2.52. The second-order valence-corrected chi connectivity index (χ2v) is 6.30. The number of urea groups is 1. The van der Waals surface area contributed by atoms with Crippen LogP contribution in [0.1, 0.15) is 31.0 Å². The molecule has 1 aromatic carbocycles. The van der Waals surface area contributed by atoms with Gasteiger partial charge in [0, 0.05) is 29.8 Å². The predicted octanol–water partition coefficient (Wildman–Crippen LogP) is 4.22. The number of primary amides is 1. The van der Waals surface area contributed by atoms with Gasteiger partial charge >= 0.3 is 6.03 Å². The molecule has 0 fully saturated rings. The van der Waals surface area contributed by atoms with Crippen molar-refractivity contribution in [2.75, 3.05) is 4.90 Å². The number of amides is 2. The molecule has 124 valence electrons. The number of fused-ring (bicyclic) bond motifs is 1. The summed E-state index contributed by atoms with van der Waals surface area (Å²) in [5, 5.41) is 1.15. The van der Waals surface area contributed by atoms with Gasteiger partial charge in [-0.05, 0) is 48.7 Å². The number of aromatic nitrogens is 2. The van der Waals surface area contributed by atoms with Gasteiger partial charge in [0.25, 0.3) is 0 Å². The molecule has 0 aliphatic heterocycles. The molecule has 24 heavy (non-hydrogen) atoms. The van der Waals surface area contributed by atoms with Gasteiger partial charge in [0.2, 0.25) is 0 Å². The van der Waals surface area contributed by atoms with Crippen LogP contribution < -0.4 is 10.6 Å². The van der Waals surface area contributed by atoms with Gasteiger partial charge in [0.05, 0.1) is 17.6 Å². The fourth-order valence-electron chi connectivity index (χ4n) is 3.35. The van der Waals surface area contributed by atoms with Crippen LogP contribution in [0.3, 0.4) is 0 Å². The second kappa shape index (κ2) is 6.00. The van der Waals surface area contributed by atoms with Crippen LogP contribution in [0.5, 0.6) is 0 Å². The smallest absolute Gasteiger partial charge is 0.323 e. The van der Waals surface area contributed by atoms with Crippen LogP contribution >= 0.6 is 0 Å². The zero-order valence-electron chi connectivity index (χ0n) is 14.4. The summed E-state index contributed by atoms with van der Waals surface area (Å²) in [4.78, 5) is 17.6. The molecule has 3 aromatic rings. The average molecular weight is 322 g/mol. The van der Waals surface area contributed by atoms with Gasteiger partial charge in [-0.1, -0.05) is 13.8 Å². The molecule has 0 spiro atoms. The van der Waals surface area contributed by atoms with Gasteiger partial charge < -0.3 is 10.3 Å². The molecule has 0 unspecified atom stereocenters. The monoisotopic (exact) mass is 322 g/mol. The number of hydrogen-bond donors (Lipinski definition) is 1. The van der Waals surface area contributed by atoms with Crippen molar-refractivity contribution in [2.24, 2.45) is 12.8 Å². The van der Waals surface area contributed by atoms with Gasteiger partial charge in [0.1, 0.15) is 0 Å². The van der Waals surface area contributed by atoms with Crippen LogP contribution in [0.2, 0.25) is 0 Å². The Morgan fingerprint density at radius 1 is 1.25 bits per heavy atom. The van der Waals surface area contributed by atoms with Crippen molar-refractivity contribution in [2.45, 2.75) is 26.7 Å². The van der Waals surface area contributed by atoms with E-state index in [9.17, 15) is 4.79 Å². The molecule has 2 heterocycles. The third-order valence-electron chi connectivity index (χ3n) is 4.48. The number of rotatable bonds is 3. The molecule has 5 nitrogen and oxygen atoms in total. The van der Waals surface area contributed by atoms with E-state index < -0.39 is 6.03 Å². The van der Waals surface area contributed by atoms with E-state index in [4.69, 9.17) is 5.73 Å². The molecular formula is C19H22N4O. The Labute approximate surface area is 141 Å². The summed E-state index contributed by atoms with van der Waals surface area (Å²) in [5.41, 5.74) is 10.7. The van der Waals surface area contributed by atoms with Crippen molar-refractivity contribution in [1.29, 1.82) is 0 Å². The van der Waals surface area contributed by atoms with E-state index in [0.717, 1.165) is 16.6 Å². The zero-order valence-corrected chi connectivity index (χ0v) is 14.4. The Kier molecular flexibility index (Phi) is 4.01. The van der Waals surface area contributed by atoms with Crippen LogP contribution in [0, 0.1) is 6.92 Å². The average Bonchev–Trinajstić information content (AvgIpc) is 2.79. The number of carbonyl (C=O) groups is 1. The highest BCUT2D eigenvalue weighted by Crippen LogP contribution is 2.35. The van der Waals surface area contributed by atoms with E-state index in [1.165, 1.54) is 16.2 Å². The minimum Gasteiger partial charge on any atom is -0.351 e. The lowest BCUT2D eigenvalue weighted by Gasteiger charge is -2.20. The molecule has 0 saturated carbocycles. The van der Waals surface area contributed by atoms with E-state index in [1.54, 1.807) is 18.5 Å². The summed E-state index contributed by atoms with van der Waals surface area (Å²) in [5.74, 6) is 0.393. The molecule has 0 saturated heterocycles. The van der Waals surface area contributed by atoms with Crippen molar-refractivity contribution in [3.63, 3.8) is 0 Å². The summed E-state index contributed by atoms with van der Waals surface area (Å²) in [6.45, 7) is 6.49. The van der Waals surface area contributed by atoms with Gasteiger partial charge in [-0.15, -0.1) is 0 Å². The van der Waals surface area contributed by atoms with Crippen molar-refractivity contribution >= 4 is 28.3 Å². The fraction of sp³-hybridized carbons (Fsp3) is 0.263. The molecule has 0 aliphatic carbocycles. The summed E-state index contributed by atoms with van der Waals surface area (Å²) < 4.78 is 2.19. The number of hydrogen-bond acceptors (Lipinski definition) is 2. The maximum atomic E-state index is 12.0. The maximum Gasteiger partial charge on any atom is 0.323 e. The first-order chi connectivity index (χ1) is 11.4. The Morgan fingerprint density at radius 2 is 2.00 bits per heavy atom. The topological polar surface area (TPSA) is 64.2 Å².